The quantitative estimate of drug-likeness (QED) is 0.691. The fraction of sp³-hybridized carbons (Fsp3) is 0.385. The summed E-state index contributed by atoms with van der Waals surface area (Å²) < 4.78 is 5.85. The second-order valence-electron chi connectivity index (χ2n) is 3.99. The summed E-state index contributed by atoms with van der Waals surface area (Å²) in [6.45, 7) is 6.47. The van der Waals surface area contributed by atoms with E-state index >= 15 is 0 Å². The number of fused-ring (bicyclic) bond motifs is 1. The fourth-order valence-corrected chi connectivity index (χ4v) is 1.71. The minimum absolute atomic E-state index is 0.465. The highest BCUT2D eigenvalue weighted by atomic mass is 16.3. The number of hydrogen-bond donors (Lipinski definition) is 0. The molecule has 0 radical (unpaired) electrons. The van der Waals surface area contributed by atoms with Crippen LogP contribution in [0.1, 0.15) is 38.0 Å². The van der Waals surface area contributed by atoms with Crippen molar-refractivity contribution in [3.05, 3.63) is 35.6 Å². The average Bonchev–Trinajstić information content (AvgIpc) is 2.60. The maximum absolute atomic E-state index is 5.85. The fourth-order valence-electron chi connectivity index (χ4n) is 1.71. The summed E-state index contributed by atoms with van der Waals surface area (Å²) in [5.74, 6) is 1.55. The summed E-state index contributed by atoms with van der Waals surface area (Å²) in [4.78, 5) is 0. The van der Waals surface area contributed by atoms with Crippen molar-refractivity contribution in [3.8, 4) is 0 Å². The minimum Gasteiger partial charge on any atom is -0.461 e. The molecule has 0 fully saturated rings. The third-order valence-electron chi connectivity index (χ3n) is 2.59. The molecule has 0 N–H and O–H groups in total. The first kappa shape index (κ1) is 9.32. The lowest BCUT2D eigenvalue weighted by molar-refractivity contribution is 0.519. The summed E-state index contributed by atoms with van der Waals surface area (Å²) in [6.07, 6.45) is 1.03. The van der Waals surface area contributed by atoms with E-state index in [9.17, 15) is 0 Å². The molecule has 0 aliphatic rings. The zero-order valence-corrected chi connectivity index (χ0v) is 9.00. The smallest absolute Gasteiger partial charge is 0.137 e. The van der Waals surface area contributed by atoms with Crippen LogP contribution in [0, 0.1) is 0 Å². The van der Waals surface area contributed by atoms with Gasteiger partial charge < -0.3 is 4.42 Å². The molecule has 2 rings (SSSR count). The Morgan fingerprint density at radius 2 is 2.07 bits per heavy atom. The van der Waals surface area contributed by atoms with Crippen LogP contribution in [-0.2, 0) is 6.42 Å². The summed E-state index contributed by atoms with van der Waals surface area (Å²) in [6, 6.07) is 8.50. The third-order valence-corrected chi connectivity index (χ3v) is 2.59. The number of rotatable bonds is 2. The van der Waals surface area contributed by atoms with Gasteiger partial charge >= 0.3 is 0 Å². The first-order valence-corrected chi connectivity index (χ1v) is 5.23. The van der Waals surface area contributed by atoms with Gasteiger partial charge in [0.2, 0.25) is 0 Å². The lowest BCUT2D eigenvalue weighted by Crippen LogP contribution is -1.80. The number of benzene rings is 1. The van der Waals surface area contributed by atoms with Gasteiger partial charge in [0.15, 0.2) is 0 Å². The number of hydrogen-bond acceptors (Lipinski definition) is 1. The molecule has 1 nitrogen and oxygen atoms in total. The van der Waals surface area contributed by atoms with Crippen LogP contribution in [0.4, 0.5) is 0 Å². The number of aryl methyl sites for hydroxylation is 1. The lowest BCUT2D eigenvalue weighted by Gasteiger charge is -1.98. The maximum Gasteiger partial charge on any atom is 0.137 e. The first-order valence-electron chi connectivity index (χ1n) is 5.23. The Labute approximate surface area is 84.7 Å². The number of furan rings is 1. The van der Waals surface area contributed by atoms with Gasteiger partial charge in [-0.2, -0.15) is 0 Å². The summed E-state index contributed by atoms with van der Waals surface area (Å²) >= 11 is 0. The van der Waals surface area contributed by atoms with Crippen LogP contribution < -0.4 is 0 Å². The molecule has 1 heterocycles. The molecular weight excluding hydrogens is 172 g/mol. The number of para-hydroxylation sites is 1. The van der Waals surface area contributed by atoms with E-state index in [0.29, 0.717) is 5.92 Å². The van der Waals surface area contributed by atoms with E-state index in [1.54, 1.807) is 0 Å². The van der Waals surface area contributed by atoms with Crippen molar-refractivity contribution < 1.29 is 4.42 Å². The van der Waals surface area contributed by atoms with E-state index in [4.69, 9.17) is 4.42 Å². The molecule has 0 aliphatic heterocycles. The van der Waals surface area contributed by atoms with Gasteiger partial charge in [0.1, 0.15) is 11.3 Å². The highest BCUT2D eigenvalue weighted by molar-refractivity contribution is 5.81. The average molecular weight is 188 g/mol. The molecule has 2 aromatic rings. The van der Waals surface area contributed by atoms with E-state index in [2.05, 4.69) is 45.0 Å². The van der Waals surface area contributed by atoms with Gasteiger partial charge in [-0.15, -0.1) is 0 Å². The van der Waals surface area contributed by atoms with Gasteiger partial charge in [0.05, 0.1) is 0 Å². The Morgan fingerprint density at radius 1 is 1.29 bits per heavy atom. The van der Waals surface area contributed by atoms with Crippen molar-refractivity contribution in [1.29, 1.82) is 0 Å². The van der Waals surface area contributed by atoms with Crippen molar-refractivity contribution in [1.82, 2.24) is 0 Å². The Morgan fingerprint density at radius 3 is 2.71 bits per heavy atom. The van der Waals surface area contributed by atoms with Gasteiger partial charge in [-0.25, -0.2) is 0 Å². The van der Waals surface area contributed by atoms with E-state index in [0.717, 1.165) is 17.8 Å². The van der Waals surface area contributed by atoms with Crippen molar-refractivity contribution >= 4 is 11.0 Å². The van der Waals surface area contributed by atoms with E-state index in [1.165, 1.54) is 10.9 Å². The van der Waals surface area contributed by atoms with Crippen molar-refractivity contribution in [3.63, 3.8) is 0 Å². The van der Waals surface area contributed by atoms with Crippen molar-refractivity contribution in [2.45, 2.75) is 33.1 Å². The van der Waals surface area contributed by atoms with Gasteiger partial charge in [-0.1, -0.05) is 39.0 Å². The van der Waals surface area contributed by atoms with Gasteiger partial charge in [0.25, 0.3) is 0 Å². The van der Waals surface area contributed by atoms with Crippen LogP contribution in [0.25, 0.3) is 11.0 Å². The lowest BCUT2D eigenvalue weighted by atomic mass is 10.1. The van der Waals surface area contributed by atoms with E-state index in [1.807, 2.05) is 0 Å². The SMILES string of the molecule is CCc1cccc2cc(C(C)C)oc12. The minimum atomic E-state index is 0.465. The molecule has 0 unspecified atom stereocenters. The van der Waals surface area contributed by atoms with E-state index < -0.39 is 0 Å². The van der Waals surface area contributed by atoms with E-state index in [-0.39, 0.29) is 0 Å². The largest absolute Gasteiger partial charge is 0.461 e. The van der Waals surface area contributed by atoms with Crippen LogP contribution in [-0.4, -0.2) is 0 Å². The molecule has 1 heteroatoms. The Balaban J connectivity index is 2.64. The van der Waals surface area contributed by atoms with Crippen LogP contribution >= 0.6 is 0 Å². The zero-order chi connectivity index (χ0) is 10.1. The molecular formula is C13H16O. The van der Waals surface area contributed by atoms with Gasteiger partial charge in [0, 0.05) is 11.3 Å². The van der Waals surface area contributed by atoms with Gasteiger partial charge in [-0.05, 0) is 18.1 Å². The molecule has 0 spiro atoms. The van der Waals surface area contributed by atoms with Crippen LogP contribution in [0.5, 0.6) is 0 Å². The Hall–Kier alpha value is -1.24. The second-order valence-corrected chi connectivity index (χ2v) is 3.99. The Bertz CT molecular complexity index is 437. The molecule has 0 saturated heterocycles. The topological polar surface area (TPSA) is 13.1 Å². The van der Waals surface area contributed by atoms with Crippen molar-refractivity contribution in [2.75, 3.05) is 0 Å². The molecule has 0 amide bonds. The summed E-state index contributed by atoms with van der Waals surface area (Å²) in [7, 11) is 0. The summed E-state index contributed by atoms with van der Waals surface area (Å²) in [5.41, 5.74) is 2.37. The van der Waals surface area contributed by atoms with Crippen LogP contribution in [0.2, 0.25) is 0 Å². The van der Waals surface area contributed by atoms with Crippen molar-refractivity contribution in [2.24, 2.45) is 0 Å². The monoisotopic (exact) mass is 188 g/mol. The zero-order valence-electron chi connectivity index (χ0n) is 9.00. The summed E-state index contributed by atoms with van der Waals surface area (Å²) in [5, 5.41) is 1.23. The molecule has 0 saturated carbocycles. The molecule has 0 bridgehead atoms. The molecule has 74 valence electrons. The first-order chi connectivity index (χ1) is 6.72. The van der Waals surface area contributed by atoms with Crippen LogP contribution in [0.3, 0.4) is 0 Å². The molecule has 0 atom stereocenters. The highest BCUT2D eigenvalue weighted by Gasteiger charge is 2.08. The Kier molecular flexibility index (Phi) is 2.32. The predicted molar refractivity (Wildman–Crippen MR) is 59.7 cm³/mol. The van der Waals surface area contributed by atoms with Crippen LogP contribution in [0.15, 0.2) is 28.7 Å². The standard InChI is InChI=1S/C13H16O/c1-4-10-6-5-7-11-8-12(9(2)3)14-13(10)11/h5-9H,4H2,1-3H3. The molecule has 14 heavy (non-hydrogen) atoms. The molecule has 0 aliphatic carbocycles. The third kappa shape index (κ3) is 1.43. The second kappa shape index (κ2) is 3.49. The highest BCUT2D eigenvalue weighted by Crippen LogP contribution is 2.27. The van der Waals surface area contributed by atoms with Gasteiger partial charge in [-0.3, -0.25) is 0 Å². The normalized spacial score (nSPS) is 11.4. The molecule has 1 aromatic carbocycles. The molecule has 1 aromatic heterocycles. The maximum atomic E-state index is 5.85. The predicted octanol–water partition coefficient (Wildman–Crippen LogP) is 4.12.